The number of ether oxygens (including phenoxy) is 1. The molecule has 172 valence electrons. The number of nitrogens with zero attached hydrogens (tertiary/aromatic N) is 1. The van der Waals surface area contributed by atoms with E-state index < -0.39 is 25.6 Å². The third kappa shape index (κ3) is 4.34. The van der Waals surface area contributed by atoms with E-state index in [0.29, 0.717) is 3.71 Å². The molecule has 4 rings (SSSR count). The summed E-state index contributed by atoms with van der Waals surface area (Å²) in [6, 6.07) is 21.5. The van der Waals surface area contributed by atoms with Crippen LogP contribution in [0.4, 0.5) is 0 Å². The summed E-state index contributed by atoms with van der Waals surface area (Å²) in [6.07, 6.45) is 1.57. The second-order valence-corrected chi connectivity index (χ2v) is 12.0. The van der Waals surface area contributed by atoms with Gasteiger partial charge in [0.2, 0.25) is 0 Å². The van der Waals surface area contributed by atoms with Crippen molar-refractivity contribution >= 4 is 20.0 Å². The molecule has 1 aliphatic rings. The number of rotatable bonds is 6. The van der Waals surface area contributed by atoms with Gasteiger partial charge in [-0.05, 0) is 56.7 Å². The molecule has 3 aromatic carbocycles. The van der Waals surface area contributed by atoms with E-state index in [4.69, 9.17) is 4.74 Å². The number of sulfonamides is 2. The van der Waals surface area contributed by atoms with Gasteiger partial charge in [-0.1, -0.05) is 65.7 Å². The Bertz CT molecular complexity index is 1320. The van der Waals surface area contributed by atoms with Gasteiger partial charge in [0.1, 0.15) is 5.60 Å². The van der Waals surface area contributed by atoms with Crippen molar-refractivity contribution in [1.82, 2.24) is 3.71 Å². The summed E-state index contributed by atoms with van der Waals surface area (Å²) in [5.41, 5.74) is 1.59. The first-order valence-electron chi connectivity index (χ1n) is 10.4. The van der Waals surface area contributed by atoms with Crippen LogP contribution in [0, 0.1) is 13.8 Å². The van der Waals surface area contributed by atoms with Crippen molar-refractivity contribution in [2.24, 2.45) is 0 Å². The van der Waals surface area contributed by atoms with Crippen molar-refractivity contribution in [3.8, 4) is 0 Å². The molecule has 0 aliphatic carbocycles. The molecule has 1 atom stereocenters. The Morgan fingerprint density at radius 2 is 1.18 bits per heavy atom. The molecule has 3 aromatic rings. The lowest BCUT2D eigenvalue weighted by Crippen LogP contribution is -2.36. The zero-order valence-corrected chi connectivity index (χ0v) is 20.2. The van der Waals surface area contributed by atoms with Crippen molar-refractivity contribution < 1.29 is 21.6 Å². The zero-order chi connectivity index (χ0) is 23.9. The summed E-state index contributed by atoms with van der Waals surface area (Å²) in [7, 11) is -8.90. The normalized spacial score (nSPS) is 18.7. The number of benzene rings is 3. The van der Waals surface area contributed by atoms with E-state index in [1.807, 2.05) is 44.2 Å². The minimum absolute atomic E-state index is 0.0440. The van der Waals surface area contributed by atoms with Crippen LogP contribution in [0.3, 0.4) is 0 Å². The number of aryl methyl sites for hydroxylation is 2. The minimum Gasteiger partial charge on any atom is -0.360 e. The van der Waals surface area contributed by atoms with Crippen LogP contribution in [0.2, 0.25) is 0 Å². The summed E-state index contributed by atoms with van der Waals surface area (Å²) in [5, 5.41) is 0. The molecule has 6 nitrogen and oxygen atoms in total. The van der Waals surface area contributed by atoms with E-state index in [9.17, 15) is 16.8 Å². The first kappa shape index (κ1) is 23.2. The lowest BCUT2D eigenvalue weighted by atomic mass is 9.96. The Morgan fingerprint density at radius 1 is 0.727 bits per heavy atom. The van der Waals surface area contributed by atoms with E-state index in [0.717, 1.165) is 16.7 Å². The molecule has 1 heterocycles. The fourth-order valence-corrected chi connectivity index (χ4v) is 7.44. The van der Waals surface area contributed by atoms with Crippen molar-refractivity contribution in [3.05, 3.63) is 107 Å². The van der Waals surface area contributed by atoms with E-state index in [-0.39, 0.29) is 22.1 Å². The number of hydrogen-bond donors (Lipinski definition) is 0. The quantitative estimate of drug-likeness (QED) is 0.515. The maximum Gasteiger partial charge on any atom is 0.277 e. The molecule has 1 aliphatic heterocycles. The van der Waals surface area contributed by atoms with E-state index >= 15 is 0 Å². The van der Waals surface area contributed by atoms with Gasteiger partial charge in [-0.3, -0.25) is 0 Å². The predicted octanol–water partition coefficient (Wildman–Crippen LogP) is 4.51. The topological polar surface area (TPSA) is 80.8 Å². The Morgan fingerprint density at radius 3 is 1.64 bits per heavy atom. The van der Waals surface area contributed by atoms with Crippen molar-refractivity contribution in [2.45, 2.75) is 36.2 Å². The molecule has 0 radical (unpaired) electrons. The van der Waals surface area contributed by atoms with Crippen LogP contribution in [0.5, 0.6) is 0 Å². The highest BCUT2D eigenvalue weighted by molar-refractivity contribution is 8.04. The molecule has 33 heavy (non-hydrogen) atoms. The zero-order valence-electron chi connectivity index (χ0n) is 18.6. The van der Waals surface area contributed by atoms with Crippen LogP contribution < -0.4 is 0 Å². The van der Waals surface area contributed by atoms with E-state index in [1.165, 1.54) is 24.3 Å². The SMILES string of the molecule is Cc1ccc(S(=O)(=O)N(C2=CC(C)(c3ccccc3)OC2)S(=O)(=O)c2ccc(C)cc2)cc1. The van der Waals surface area contributed by atoms with Crippen LogP contribution in [0.1, 0.15) is 23.6 Å². The standard InChI is InChI=1S/C25H25NO5S2/c1-19-9-13-23(14-10-19)32(27,28)26(33(29,30)24-15-11-20(2)12-16-24)22-17-25(3,31-18-22)21-7-5-4-6-8-21/h4-17H,18H2,1-3H3. The molecular weight excluding hydrogens is 458 g/mol. The Hall–Kier alpha value is -2.94. The van der Waals surface area contributed by atoms with Crippen molar-refractivity contribution in [1.29, 1.82) is 0 Å². The summed E-state index contributed by atoms with van der Waals surface area (Å²) >= 11 is 0. The largest absolute Gasteiger partial charge is 0.360 e. The van der Waals surface area contributed by atoms with Gasteiger partial charge in [0, 0.05) is 0 Å². The molecule has 0 saturated heterocycles. The lowest BCUT2D eigenvalue weighted by molar-refractivity contribution is 0.0357. The molecule has 1 unspecified atom stereocenters. The van der Waals surface area contributed by atoms with Gasteiger partial charge in [0.15, 0.2) is 0 Å². The van der Waals surface area contributed by atoms with Crippen LogP contribution in [-0.4, -0.2) is 27.2 Å². The van der Waals surface area contributed by atoms with Crippen molar-refractivity contribution in [3.63, 3.8) is 0 Å². The molecule has 0 aromatic heterocycles. The van der Waals surface area contributed by atoms with Gasteiger partial charge in [-0.15, -0.1) is 0 Å². The highest BCUT2D eigenvalue weighted by Crippen LogP contribution is 2.38. The van der Waals surface area contributed by atoms with E-state index in [1.54, 1.807) is 37.3 Å². The number of hydrogen-bond acceptors (Lipinski definition) is 5. The third-order valence-corrected chi connectivity index (χ3v) is 9.87. The Labute approximate surface area is 195 Å². The van der Waals surface area contributed by atoms with Gasteiger partial charge in [-0.25, -0.2) is 16.8 Å². The minimum atomic E-state index is -4.45. The summed E-state index contributed by atoms with van der Waals surface area (Å²) < 4.78 is 61.3. The second-order valence-electron chi connectivity index (χ2n) is 8.23. The molecule has 8 heteroatoms. The van der Waals surface area contributed by atoms with Gasteiger partial charge in [0.25, 0.3) is 20.0 Å². The molecule has 0 N–H and O–H groups in total. The molecule has 0 saturated carbocycles. The first-order valence-corrected chi connectivity index (χ1v) is 13.3. The second kappa shape index (κ2) is 8.44. The predicted molar refractivity (Wildman–Crippen MR) is 126 cm³/mol. The maximum atomic E-state index is 13.7. The Kier molecular flexibility index (Phi) is 5.94. The molecule has 0 spiro atoms. The Balaban J connectivity index is 1.90. The fraction of sp³-hybridized carbons (Fsp3) is 0.200. The highest BCUT2D eigenvalue weighted by Gasteiger charge is 2.43. The summed E-state index contributed by atoms with van der Waals surface area (Å²) in [4.78, 5) is -0.226. The monoisotopic (exact) mass is 483 g/mol. The average molecular weight is 484 g/mol. The lowest BCUT2D eigenvalue weighted by Gasteiger charge is -2.24. The first-order chi connectivity index (χ1) is 15.5. The maximum absolute atomic E-state index is 13.7. The smallest absolute Gasteiger partial charge is 0.277 e. The summed E-state index contributed by atoms with van der Waals surface area (Å²) in [6.45, 7) is 5.26. The fourth-order valence-electron chi connectivity index (χ4n) is 3.72. The van der Waals surface area contributed by atoms with Crippen LogP contribution in [-0.2, 0) is 30.4 Å². The summed E-state index contributed by atoms with van der Waals surface area (Å²) in [5.74, 6) is 0. The van der Waals surface area contributed by atoms with Gasteiger partial charge in [-0.2, -0.15) is 3.71 Å². The van der Waals surface area contributed by atoms with Crippen LogP contribution in [0.15, 0.2) is 100 Å². The van der Waals surface area contributed by atoms with Gasteiger partial charge < -0.3 is 4.74 Å². The van der Waals surface area contributed by atoms with Gasteiger partial charge >= 0.3 is 0 Å². The molecule has 0 bridgehead atoms. The van der Waals surface area contributed by atoms with E-state index in [2.05, 4.69) is 0 Å². The van der Waals surface area contributed by atoms with Crippen LogP contribution >= 0.6 is 0 Å². The highest BCUT2D eigenvalue weighted by atomic mass is 32.3. The average Bonchev–Trinajstić information content (AvgIpc) is 3.17. The molecule has 0 fully saturated rings. The third-order valence-electron chi connectivity index (χ3n) is 5.62. The van der Waals surface area contributed by atoms with Gasteiger partial charge in [0.05, 0.1) is 22.1 Å². The van der Waals surface area contributed by atoms with Crippen molar-refractivity contribution in [2.75, 3.05) is 6.61 Å². The molecule has 0 amide bonds. The van der Waals surface area contributed by atoms with Crippen LogP contribution in [0.25, 0.3) is 0 Å². The molecular formula is C25H25NO5S2.